The van der Waals surface area contributed by atoms with Gasteiger partial charge in [-0.05, 0) is 71.0 Å². The van der Waals surface area contributed by atoms with Crippen molar-refractivity contribution in [2.75, 3.05) is 28.7 Å². The second kappa shape index (κ2) is 10.5. The van der Waals surface area contributed by atoms with Crippen molar-refractivity contribution in [3.63, 3.8) is 0 Å². The van der Waals surface area contributed by atoms with E-state index in [1.54, 1.807) is 33.0 Å². The Hall–Kier alpha value is -3.48. The van der Waals surface area contributed by atoms with E-state index in [0.29, 0.717) is 11.9 Å². The van der Waals surface area contributed by atoms with E-state index in [-0.39, 0.29) is 28.5 Å². The molecule has 0 aliphatic carbocycles. The summed E-state index contributed by atoms with van der Waals surface area (Å²) in [4.78, 5) is 23.9. The van der Waals surface area contributed by atoms with Crippen LogP contribution in [-0.4, -0.2) is 52.2 Å². The van der Waals surface area contributed by atoms with Gasteiger partial charge < -0.3 is 20.3 Å². The molecular formula is C24H30F3N7O2S. The van der Waals surface area contributed by atoms with Gasteiger partial charge in [0.1, 0.15) is 11.3 Å². The number of hydrogen-bond donors (Lipinski definition) is 3. The molecule has 0 saturated carbocycles. The van der Waals surface area contributed by atoms with E-state index in [1.165, 1.54) is 7.05 Å². The number of hydrogen-bond acceptors (Lipinski definition) is 7. The van der Waals surface area contributed by atoms with Crippen LogP contribution in [0.25, 0.3) is 0 Å². The van der Waals surface area contributed by atoms with Crippen molar-refractivity contribution in [2.24, 2.45) is 0 Å². The van der Waals surface area contributed by atoms with E-state index in [1.807, 2.05) is 0 Å². The molecule has 37 heavy (non-hydrogen) atoms. The van der Waals surface area contributed by atoms with Crippen molar-refractivity contribution in [3.8, 4) is 0 Å². The fraction of sp³-hybridized carbons (Fsp3) is 0.458. The number of rotatable bonds is 4. The first kappa shape index (κ1) is 28.1. The first-order chi connectivity index (χ1) is 17.1. The molecule has 2 aromatic rings. The molecule has 0 bridgehead atoms. The maximum absolute atomic E-state index is 13.4. The summed E-state index contributed by atoms with van der Waals surface area (Å²) in [5, 5.41) is 13.7. The highest BCUT2D eigenvalue weighted by Crippen LogP contribution is 2.34. The minimum Gasteiger partial charge on any atom is -0.443 e. The van der Waals surface area contributed by atoms with E-state index in [9.17, 15) is 18.0 Å². The lowest BCUT2D eigenvalue weighted by Crippen LogP contribution is -2.37. The third-order valence-corrected chi connectivity index (χ3v) is 5.67. The van der Waals surface area contributed by atoms with E-state index in [0.717, 1.165) is 35.2 Å². The summed E-state index contributed by atoms with van der Waals surface area (Å²) < 4.78 is 45.4. The number of carbonyl (C=O) groups is 1. The summed E-state index contributed by atoms with van der Waals surface area (Å²) in [6.07, 6.45) is -2.33. The first-order valence-electron chi connectivity index (χ1n) is 11.5. The van der Waals surface area contributed by atoms with Gasteiger partial charge in [-0.1, -0.05) is 0 Å². The molecule has 0 unspecified atom stereocenters. The largest absolute Gasteiger partial charge is 0.443 e. The highest BCUT2D eigenvalue weighted by Gasteiger charge is 2.33. The third kappa shape index (κ3) is 6.85. The van der Waals surface area contributed by atoms with Gasteiger partial charge in [0.2, 0.25) is 0 Å². The van der Waals surface area contributed by atoms with Crippen molar-refractivity contribution in [1.82, 2.24) is 15.3 Å². The SMILES string of the molecule is CC(C)N1CCc2cnc(C(=N)NC(=S)Nc3ncc(C(F)(F)F)cc3N(C)C(=O)OC(C)(C)C)cc21. The van der Waals surface area contributed by atoms with Crippen molar-refractivity contribution in [2.45, 2.75) is 58.9 Å². The predicted octanol–water partition coefficient (Wildman–Crippen LogP) is 4.95. The summed E-state index contributed by atoms with van der Waals surface area (Å²) in [5.74, 6) is -0.232. The number of alkyl halides is 3. The van der Waals surface area contributed by atoms with Gasteiger partial charge in [-0.25, -0.2) is 9.78 Å². The molecule has 1 aliphatic rings. The van der Waals surface area contributed by atoms with Crippen molar-refractivity contribution in [1.29, 1.82) is 5.41 Å². The lowest BCUT2D eigenvalue weighted by Gasteiger charge is -2.26. The van der Waals surface area contributed by atoms with Crippen LogP contribution in [-0.2, 0) is 17.3 Å². The van der Waals surface area contributed by atoms with Crippen LogP contribution in [0.4, 0.5) is 35.2 Å². The van der Waals surface area contributed by atoms with Gasteiger partial charge in [-0.2, -0.15) is 13.2 Å². The third-order valence-electron chi connectivity index (χ3n) is 5.47. The van der Waals surface area contributed by atoms with Gasteiger partial charge in [-0.3, -0.25) is 15.3 Å². The van der Waals surface area contributed by atoms with Crippen LogP contribution in [0, 0.1) is 5.41 Å². The number of anilines is 3. The average molecular weight is 538 g/mol. The number of thiocarbonyl (C=S) groups is 1. The van der Waals surface area contributed by atoms with E-state index >= 15 is 0 Å². The predicted molar refractivity (Wildman–Crippen MR) is 140 cm³/mol. The molecule has 3 N–H and O–H groups in total. The molecule has 0 aromatic carbocycles. The highest BCUT2D eigenvalue weighted by molar-refractivity contribution is 7.80. The van der Waals surface area contributed by atoms with Crippen molar-refractivity contribution in [3.05, 3.63) is 41.3 Å². The summed E-state index contributed by atoms with van der Waals surface area (Å²) in [6, 6.07) is 2.86. The Morgan fingerprint density at radius 1 is 1.22 bits per heavy atom. The minimum absolute atomic E-state index is 0.107. The van der Waals surface area contributed by atoms with Crippen LogP contribution in [0.15, 0.2) is 24.5 Å². The summed E-state index contributed by atoms with van der Waals surface area (Å²) in [6.45, 7) is 9.95. The van der Waals surface area contributed by atoms with Crippen LogP contribution in [0.3, 0.4) is 0 Å². The van der Waals surface area contributed by atoms with Gasteiger partial charge in [0.25, 0.3) is 0 Å². The summed E-state index contributed by atoms with van der Waals surface area (Å²) in [7, 11) is 1.27. The Morgan fingerprint density at radius 2 is 1.89 bits per heavy atom. The fourth-order valence-electron chi connectivity index (χ4n) is 3.67. The molecule has 9 nitrogen and oxygen atoms in total. The van der Waals surface area contributed by atoms with Crippen LogP contribution >= 0.6 is 12.2 Å². The van der Waals surface area contributed by atoms with Crippen molar-refractivity contribution >= 4 is 46.5 Å². The standard InChI is InChI=1S/C24H30F3N7O2S/c1-13(2)34-8-7-14-11-29-16(10-17(14)34)19(28)31-21(37)32-20-18(9-15(12-30-20)24(25,26)27)33(6)22(35)36-23(3,4)5/h9-13H,7-8H2,1-6H3,(H3,28,30,31,32,37). The van der Waals surface area contributed by atoms with Gasteiger partial charge in [-0.15, -0.1) is 0 Å². The Kier molecular flexibility index (Phi) is 7.96. The Morgan fingerprint density at radius 3 is 2.49 bits per heavy atom. The van der Waals surface area contributed by atoms with Gasteiger partial charge in [0.05, 0.1) is 11.3 Å². The number of amidine groups is 1. The maximum Gasteiger partial charge on any atom is 0.417 e. The topological polar surface area (TPSA) is 106 Å². The van der Waals surface area contributed by atoms with E-state index in [2.05, 4.69) is 39.3 Å². The van der Waals surface area contributed by atoms with Gasteiger partial charge in [0.15, 0.2) is 16.8 Å². The second-order valence-corrected chi connectivity index (χ2v) is 10.2. The first-order valence-corrected chi connectivity index (χ1v) is 11.9. The monoisotopic (exact) mass is 537 g/mol. The molecule has 1 aliphatic heterocycles. The molecule has 3 rings (SSSR count). The molecule has 0 atom stereocenters. The molecule has 0 fully saturated rings. The number of carbonyl (C=O) groups excluding carboxylic acids is 1. The number of nitrogens with one attached hydrogen (secondary N) is 3. The van der Waals surface area contributed by atoms with Gasteiger partial charge in [0, 0.05) is 37.7 Å². The normalized spacial score (nSPS) is 13.3. The second-order valence-electron chi connectivity index (χ2n) is 9.82. The molecule has 0 saturated heterocycles. The zero-order valence-electron chi connectivity index (χ0n) is 21.4. The van der Waals surface area contributed by atoms with Crippen LogP contribution in [0.5, 0.6) is 0 Å². The molecule has 3 heterocycles. The molecule has 2 aromatic heterocycles. The zero-order chi connectivity index (χ0) is 27.7. The average Bonchev–Trinajstić information content (AvgIpc) is 3.20. The smallest absolute Gasteiger partial charge is 0.417 e. The Labute approximate surface area is 218 Å². The molecule has 0 spiro atoms. The molecule has 1 amide bonds. The van der Waals surface area contributed by atoms with E-state index < -0.39 is 23.4 Å². The lowest BCUT2D eigenvalue weighted by molar-refractivity contribution is -0.137. The lowest BCUT2D eigenvalue weighted by atomic mass is 10.2. The minimum atomic E-state index is -4.68. The Bertz CT molecular complexity index is 1210. The molecular weight excluding hydrogens is 507 g/mol. The number of nitrogens with zero attached hydrogens (tertiary/aromatic N) is 4. The molecule has 13 heteroatoms. The number of aromatic nitrogens is 2. The molecule has 200 valence electrons. The zero-order valence-corrected chi connectivity index (χ0v) is 22.3. The number of ether oxygens (including phenoxy) is 1. The Balaban J connectivity index is 1.82. The number of fused-ring (bicyclic) bond motifs is 1. The maximum atomic E-state index is 13.4. The number of pyridine rings is 2. The van der Waals surface area contributed by atoms with Gasteiger partial charge >= 0.3 is 12.3 Å². The highest BCUT2D eigenvalue weighted by atomic mass is 32.1. The fourth-order valence-corrected chi connectivity index (χ4v) is 3.87. The van der Waals surface area contributed by atoms with E-state index in [4.69, 9.17) is 22.4 Å². The van der Waals surface area contributed by atoms with Crippen molar-refractivity contribution < 1.29 is 22.7 Å². The summed E-state index contributed by atoms with van der Waals surface area (Å²) >= 11 is 5.28. The van der Waals surface area contributed by atoms with Crippen LogP contribution in [0.1, 0.15) is 51.4 Å². The quantitative estimate of drug-likeness (QED) is 0.286. The van der Waals surface area contributed by atoms with Crippen LogP contribution in [0.2, 0.25) is 0 Å². The van der Waals surface area contributed by atoms with Crippen LogP contribution < -0.4 is 20.4 Å². The molecule has 0 radical (unpaired) electrons. The number of amides is 1. The number of halogens is 3. The summed E-state index contributed by atoms with van der Waals surface area (Å²) in [5.41, 5.74) is 0.316.